The van der Waals surface area contributed by atoms with Crippen LogP contribution < -0.4 is 10.2 Å². The lowest BCUT2D eigenvalue weighted by molar-refractivity contribution is 0.0993. The molecule has 2 heterocycles. The molecule has 0 radical (unpaired) electrons. The molecule has 0 aliphatic carbocycles. The van der Waals surface area contributed by atoms with E-state index in [9.17, 15) is 4.79 Å². The van der Waals surface area contributed by atoms with Crippen LogP contribution in [0.2, 0.25) is 5.15 Å². The third-order valence-corrected chi connectivity index (χ3v) is 5.01. The largest absolute Gasteiger partial charge is 0.366 e. The van der Waals surface area contributed by atoms with Gasteiger partial charge in [-0.3, -0.25) is 9.78 Å². The lowest BCUT2D eigenvalue weighted by atomic mass is 10.1. The lowest BCUT2D eigenvalue weighted by Gasteiger charge is -2.18. The van der Waals surface area contributed by atoms with E-state index in [0.29, 0.717) is 17.3 Å². The average Bonchev–Trinajstić information content (AvgIpc) is 2.78. The summed E-state index contributed by atoms with van der Waals surface area (Å²) in [6, 6.07) is 21.1. The van der Waals surface area contributed by atoms with E-state index in [1.165, 1.54) is 0 Å². The minimum absolute atomic E-state index is 0.0757. The molecule has 0 aliphatic heterocycles. The van der Waals surface area contributed by atoms with Gasteiger partial charge in [0.05, 0.1) is 0 Å². The summed E-state index contributed by atoms with van der Waals surface area (Å²) in [5, 5.41) is 5.77. The van der Waals surface area contributed by atoms with Gasteiger partial charge in [-0.15, -0.1) is 0 Å². The van der Waals surface area contributed by atoms with E-state index in [2.05, 4.69) is 15.3 Å². The topological polar surface area (TPSA) is 58.1 Å². The highest BCUT2D eigenvalue weighted by Gasteiger charge is 2.13. The quantitative estimate of drug-likeness (QED) is 0.468. The zero-order valence-electron chi connectivity index (χ0n) is 15.8. The monoisotopic (exact) mass is 402 g/mol. The van der Waals surface area contributed by atoms with Crippen LogP contribution in [0, 0.1) is 0 Å². The Morgan fingerprint density at radius 2 is 1.76 bits per heavy atom. The van der Waals surface area contributed by atoms with Crippen molar-refractivity contribution in [3.05, 3.63) is 95.4 Å². The van der Waals surface area contributed by atoms with Gasteiger partial charge in [0.1, 0.15) is 11.0 Å². The zero-order valence-corrected chi connectivity index (χ0v) is 16.6. The summed E-state index contributed by atoms with van der Waals surface area (Å²) in [7, 11) is 1.76. The molecule has 4 rings (SSSR count). The summed E-state index contributed by atoms with van der Waals surface area (Å²) in [5.41, 5.74) is 2.50. The van der Waals surface area contributed by atoms with Gasteiger partial charge in [-0.05, 0) is 41.3 Å². The summed E-state index contributed by atoms with van der Waals surface area (Å²) in [4.78, 5) is 22.5. The van der Waals surface area contributed by atoms with Crippen molar-refractivity contribution in [2.75, 3.05) is 17.3 Å². The van der Waals surface area contributed by atoms with Crippen molar-refractivity contribution in [2.45, 2.75) is 6.54 Å². The summed E-state index contributed by atoms with van der Waals surface area (Å²) in [6.07, 6.45) is 3.23. The number of amides is 1. The van der Waals surface area contributed by atoms with Gasteiger partial charge in [0.25, 0.3) is 5.91 Å². The first-order valence-corrected chi connectivity index (χ1v) is 9.56. The maximum atomic E-state index is 12.5. The Kier molecular flexibility index (Phi) is 5.40. The van der Waals surface area contributed by atoms with E-state index in [1.54, 1.807) is 36.5 Å². The first kappa shape index (κ1) is 18.9. The Bertz CT molecular complexity index is 1150. The first-order valence-electron chi connectivity index (χ1n) is 9.18. The fourth-order valence-corrected chi connectivity index (χ4v) is 3.35. The van der Waals surface area contributed by atoms with Crippen molar-refractivity contribution in [3.8, 4) is 0 Å². The molecule has 0 saturated carbocycles. The molecule has 144 valence electrons. The third kappa shape index (κ3) is 4.20. The van der Waals surface area contributed by atoms with Crippen LogP contribution in [0.15, 0.2) is 79.1 Å². The van der Waals surface area contributed by atoms with Crippen LogP contribution in [0.4, 0.5) is 11.5 Å². The molecular formula is C23H19ClN4O. The van der Waals surface area contributed by atoms with Crippen molar-refractivity contribution in [2.24, 2.45) is 0 Å². The predicted molar refractivity (Wildman–Crippen MR) is 117 cm³/mol. The SMILES string of the molecule is CN(C(=O)c1ccncc1)c1ccc(CNc2cc3ccccc3c(Cl)n2)cc1. The molecule has 2 aromatic carbocycles. The number of rotatable bonds is 5. The molecule has 6 heteroatoms. The lowest BCUT2D eigenvalue weighted by Crippen LogP contribution is -2.26. The number of nitrogens with zero attached hydrogens (tertiary/aromatic N) is 3. The van der Waals surface area contributed by atoms with E-state index in [1.807, 2.05) is 54.6 Å². The van der Waals surface area contributed by atoms with Crippen molar-refractivity contribution in [1.29, 1.82) is 0 Å². The van der Waals surface area contributed by atoms with E-state index >= 15 is 0 Å². The van der Waals surface area contributed by atoms with Gasteiger partial charge >= 0.3 is 0 Å². The molecule has 0 spiro atoms. The number of benzene rings is 2. The second kappa shape index (κ2) is 8.29. The number of carbonyl (C=O) groups excluding carboxylic acids is 1. The van der Waals surface area contributed by atoms with Crippen molar-refractivity contribution in [1.82, 2.24) is 9.97 Å². The van der Waals surface area contributed by atoms with Crippen LogP contribution in [0.25, 0.3) is 10.8 Å². The Morgan fingerprint density at radius 3 is 2.52 bits per heavy atom. The van der Waals surface area contributed by atoms with Crippen LogP contribution >= 0.6 is 11.6 Å². The normalized spacial score (nSPS) is 10.7. The van der Waals surface area contributed by atoms with Crippen molar-refractivity contribution in [3.63, 3.8) is 0 Å². The summed E-state index contributed by atoms with van der Waals surface area (Å²) in [6.45, 7) is 0.601. The molecule has 0 fully saturated rings. The van der Waals surface area contributed by atoms with Crippen molar-refractivity contribution < 1.29 is 4.79 Å². The maximum Gasteiger partial charge on any atom is 0.258 e. The standard InChI is InChI=1S/C23H19ClN4O/c1-28(23(29)17-10-12-25-13-11-17)19-8-6-16(7-9-19)15-26-21-14-18-4-2-3-5-20(18)22(24)27-21/h2-14H,15H2,1H3,(H,26,27). The summed E-state index contributed by atoms with van der Waals surface area (Å²) >= 11 is 6.29. The average molecular weight is 403 g/mol. The number of hydrogen-bond donors (Lipinski definition) is 1. The number of anilines is 2. The summed E-state index contributed by atoms with van der Waals surface area (Å²) in [5.74, 6) is 0.649. The Balaban J connectivity index is 1.44. The fraction of sp³-hybridized carbons (Fsp3) is 0.0870. The number of nitrogens with one attached hydrogen (secondary N) is 1. The van der Waals surface area contributed by atoms with Gasteiger partial charge in [-0.25, -0.2) is 4.98 Å². The Labute approximate surface area is 174 Å². The fourth-order valence-electron chi connectivity index (χ4n) is 3.08. The second-order valence-corrected chi connectivity index (χ2v) is 7.00. The minimum atomic E-state index is -0.0757. The number of hydrogen-bond acceptors (Lipinski definition) is 4. The molecule has 0 atom stereocenters. The molecule has 29 heavy (non-hydrogen) atoms. The van der Waals surface area contributed by atoms with E-state index in [0.717, 1.165) is 27.8 Å². The van der Waals surface area contributed by atoms with Gasteiger partial charge in [0.15, 0.2) is 0 Å². The van der Waals surface area contributed by atoms with Gasteiger partial charge in [0.2, 0.25) is 0 Å². The van der Waals surface area contributed by atoms with E-state index in [-0.39, 0.29) is 5.91 Å². The van der Waals surface area contributed by atoms with Gasteiger partial charge < -0.3 is 10.2 Å². The molecule has 0 saturated heterocycles. The molecule has 0 aliphatic rings. The van der Waals surface area contributed by atoms with Crippen LogP contribution in [0.1, 0.15) is 15.9 Å². The molecule has 4 aromatic rings. The molecule has 0 bridgehead atoms. The number of fused-ring (bicyclic) bond motifs is 1. The van der Waals surface area contributed by atoms with Gasteiger partial charge in [-0.1, -0.05) is 48.0 Å². The van der Waals surface area contributed by atoms with E-state index in [4.69, 9.17) is 11.6 Å². The van der Waals surface area contributed by atoms with Crippen LogP contribution in [-0.2, 0) is 6.54 Å². The number of carbonyl (C=O) groups is 1. The molecule has 2 aromatic heterocycles. The van der Waals surface area contributed by atoms with Gasteiger partial charge in [-0.2, -0.15) is 0 Å². The predicted octanol–water partition coefficient (Wildman–Crippen LogP) is 5.17. The number of halogens is 1. The van der Waals surface area contributed by atoms with Gasteiger partial charge in [0, 0.05) is 42.6 Å². The summed E-state index contributed by atoms with van der Waals surface area (Å²) < 4.78 is 0. The molecule has 5 nitrogen and oxygen atoms in total. The number of aromatic nitrogens is 2. The number of pyridine rings is 2. The molecule has 1 N–H and O–H groups in total. The Hall–Kier alpha value is -3.44. The highest BCUT2D eigenvalue weighted by molar-refractivity contribution is 6.34. The highest BCUT2D eigenvalue weighted by atomic mass is 35.5. The van der Waals surface area contributed by atoms with E-state index < -0.39 is 0 Å². The Morgan fingerprint density at radius 1 is 1.03 bits per heavy atom. The molecule has 0 unspecified atom stereocenters. The first-order chi connectivity index (χ1) is 14.1. The molecular weight excluding hydrogens is 384 g/mol. The zero-order chi connectivity index (χ0) is 20.2. The van der Waals surface area contributed by atoms with Crippen molar-refractivity contribution >= 4 is 39.8 Å². The molecule has 1 amide bonds. The smallest absolute Gasteiger partial charge is 0.258 e. The maximum absolute atomic E-state index is 12.5. The minimum Gasteiger partial charge on any atom is -0.366 e. The third-order valence-electron chi connectivity index (χ3n) is 4.72. The van der Waals surface area contributed by atoms with Crippen LogP contribution in [-0.4, -0.2) is 22.9 Å². The van der Waals surface area contributed by atoms with Crippen LogP contribution in [0.5, 0.6) is 0 Å². The van der Waals surface area contributed by atoms with Crippen LogP contribution in [0.3, 0.4) is 0 Å². The second-order valence-electron chi connectivity index (χ2n) is 6.64. The highest BCUT2D eigenvalue weighted by Crippen LogP contribution is 2.25.